The first-order valence-corrected chi connectivity index (χ1v) is 8.99. The minimum absolute atomic E-state index is 0.129. The first kappa shape index (κ1) is 20.6. The van der Waals surface area contributed by atoms with Gasteiger partial charge in [0.05, 0.1) is 25.0 Å². The predicted molar refractivity (Wildman–Crippen MR) is 106 cm³/mol. The van der Waals surface area contributed by atoms with Crippen LogP contribution in [0.1, 0.15) is 25.0 Å². The van der Waals surface area contributed by atoms with E-state index in [2.05, 4.69) is 17.5 Å². The Morgan fingerprint density at radius 3 is 2.56 bits per heavy atom. The lowest BCUT2D eigenvalue weighted by Crippen LogP contribution is -2.24. The maximum absolute atomic E-state index is 11.8. The molecule has 1 amide bonds. The molecule has 0 unspecified atom stereocenters. The molecule has 0 heterocycles. The molecule has 6 nitrogen and oxygen atoms in total. The van der Waals surface area contributed by atoms with Crippen molar-refractivity contribution in [2.75, 3.05) is 20.3 Å². The van der Waals surface area contributed by atoms with Gasteiger partial charge in [0.2, 0.25) is 0 Å². The van der Waals surface area contributed by atoms with E-state index in [0.29, 0.717) is 34.4 Å². The molecule has 0 aliphatic heterocycles. The van der Waals surface area contributed by atoms with Gasteiger partial charge in [0.25, 0.3) is 5.91 Å². The maximum atomic E-state index is 11.8. The first-order valence-electron chi connectivity index (χ1n) is 8.61. The number of methoxy groups -OCH3 is 1. The molecule has 1 N–H and O–H groups in total. The Labute approximate surface area is 164 Å². The van der Waals surface area contributed by atoms with Gasteiger partial charge in [-0.2, -0.15) is 5.10 Å². The number of nitrogens with one attached hydrogen (secondary N) is 1. The lowest BCUT2D eigenvalue weighted by molar-refractivity contribution is -0.123. The number of aryl methyl sites for hydroxylation is 1. The summed E-state index contributed by atoms with van der Waals surface area (Å²) < 4.78 is 16.2. The van der Waals surface area contributed by atoms with Gasteiger partial charge in [-0.3, -0.25) is 4.79 Å². The Morgan fingerprint density at radius 1 is 1.19 bits per heavy atom. The molecule has 0 radical (unpaired) electrons. The van der Waals surface area contributed by atoms with Crippen molar-refractivity contribution in [1.82, 2.24) is 5.43 Å². The highest BCUT2D eigenvalue weighted by Crippen LogP contribution is 2.35. The predicted octanol–water partition coefficient (Wildman–Crippen LogP) is 3.84. The van der Waals surface area contributed by atoms with Crippen molar-refractivity contribution >= 4 is 23.7 Å². The second-order valence-electron chi connectivity index (χ2n) is 5.55. The number of rotatable bonds is 9. The van der Waals surface area contributed by atoms with Crippen molar-refractivity contribution in [3.8, 4) is 17.2 Å². The fraction of sp³-hybridized carbons (Fsp3) is 0.300. The highest BCUT2D eigenvalue weighted by atomic mass is 35.5. The number of hydrazone groups is 1. The molecule has 0 aromatic heterocycles. The molecule has 0 saturated carbocycles. The first-order chi connectivity index (χ1) is 13.1. The van der Waals surface area contributed by atoms with Crippen LogP contribution in [0.25, 0.3) is 0 Å². The standard InChI is InChI=1S/C20H23ClN2O4/c1-4-14-6-8-16(9-7-14)27-13-19(24)23-22-12-15-10-17(21)20(26-5-2)18(11-15)25-3/h6-12H,4-5,13H2,1-3H3,(H,23,24)/b22-12-. The van der Waals surface area contributed by atoms with Crippen molar-refractivity contribution < 1.29 is 19.0 Å². The summed E-state index contributed by atoms with van der Waals surface area (Å²) in [5.41, 5.74) is 4.28. The number of hydrogen-bond donors (Lipinski definition) is 1. The second kappa shape index (κ2) is 10.4. The Hall–Kier alpha value is -2.73. The number of carbonyl (C=O) groups is 1. The molecule has 2 aromatic rings. The highest BCUT2D eigenvalue weighted by Gasteiger charge is 2.11. The number of amides is 1. The summed E-state index contributed by atoms with van der Waals surface area (Å²) in [4.78, 5) is 11.8. The molecule has 0 spiro atoms. The van der Waals surface area contributed by atoms with Crippen molar-refractivity contribution in [2.24, 2.45) is 5.10 Å². The van der Waals surface area contributed by atoms with Crippen LogP contribution in [0.2, 0.25) is 5.02 Å². The molecule has 27 heavy (non-hydrogen) atoms. The smallest absolute Gasteiger partial charge is 0.277 e. The maximum Gasteiger partial charge on any atom is 0.277 e. The zero-order valence-electron chi connectivity index (χ0n) is 15.6. The van der Waals surface area contributed by atoms with Crippen molar-refractivity contribution in [3.63, 3.8) is 0 Å². The summed E-state index contributed by atoms with van der Waals surface area (Å²) in [5.74, 6) is 1.24. The van der Waals surface area contributed by atoms with E-state index >= 15 is 0 Å². The lowest BCUT2D eigenvalue weighted by Gasteiger charge is -2.11. The lowest BCUT2D eigenvalue weighted by atomic mass is 10.2. The van der Waals surface area contributed by atoms with E-state index in [1.807, 2.05) is 31.2 Å². The van der Waals surface area contributed by atoms with Gasteiger partial charge < -0.3 is 14.2 Å². The number of ether oxygens (including phenoxy) is 3. The quantitative estimate of drug-likeness (QED) is 0.521. The molecule has 0 aliphatic rings. The van der Waals surface area contributed by atoms with E-state index in [9.17, 15) is 4.79 Å². The molecule has 2 rings (SSSR count). The molecule has 2 aromatic carbocycles. The fourth-order valence-corrected chi connectivity index (χ4v) is 2.55. The van der Waals surface area contributed by atoms with Gasteiger partial charge in [0.15, 0.2) is 18.1 Å². The van der Waals surface area contributed by atoms with Crippen LogP contribution in [-0.4, -0.2) is 32.4 Å². The minimum Gasteiger partial charge on any atom is -0.493 e. The summed E-state index contributed by atoms with van der Waals surface area (Å²) in [6.07, 6.45) is 2.42. The SMILES string of the molecule is CCOc1c(Cl)cc(/C=N\NC(=O)COc2ccc(CC)cc2)cc1OC. The van der Waals surface area contributed by atoms with Crippen molar-refractivity contribution in [3.05, 3.63) is 52.5 Å². The van der Waals surface area contributed by atoms with Gasteiger partial charge in [-0.15, -0.1) is 0 Å². The molecule has 0 atom stereocenters. The minimum atomic E-state index is -0.366. The van der Waals surface area contributed by atoms with Gasteiger partial charge in [0, 0.05) is 0 Å². The molecular formula is C20H23ClN2O4. The fourth-order valence-electron chi connectivity index (χ4n) is 2.28. The van der Waals surface area contributed by atoms with Crippen LogP contribution in [0, 0.1) is 0 Å². The summed E-state index contributed by atoms with van der Waals surface area (Å²) in [6, 6.07) is 11.0. The largest absolute Gasteiger partial charge is 0.493 e. The average Bonchev–Trinajstić information content (AvgIpc) is 2.68. The summed E-state index contributed by atoms with van der Waals surface area (Å²) in [5, 5.41) is 4.32. The van der Waals surface area contributed by atoms with Crippen LogP contribution in [0.15, 0.2) is 41.5 Å². The summed E-state index contributed by atoms with van der Waals surface area (Å²) in [7, 11) is 1.53. The van der Waals surface area contributed by atoms with Crippen LogP contribution in [0.4, 0.5) is 0 Å². The van der Waals surface area contributed by atoms with E-state index in [1.165, 1.54) is 18.9 Å². The van der Waals surface area contributed by atoms with E-state index in [0.717, 1.165) is 6.42 Å². The highest BCUT2D eigenvalue weighted by molar-refractivity contribution is 6.32. The van der Waals surface area contributed by atoms with Crippen LogP contribution >= 0.6 is 11.6 Å². The molecule has 0 saturated heterocycles. The molecule has 7 heteroatoms. The zero-order chi connectivity index (χ0) is 19.6. The number of nitrogens with zero attached hydrogens (tertiary/aromatic N) is 1. The van der Waals surface area contributed by atoms with Crippen LogP contribution in [0.3, 0.4) is 0 Å². The number of halogens is 1. The van der Waals surface area contributed by atoms with Crippen LogP contribution < -0.4 is 19.6 Å². The third-order valence-corrected chi connectivity index (χ3v) is 3.93. The normalized spacial score (nSPS) is 10.7. The topological polar surface area (TPSA) is 69.2 Å². The molecule has 0 fully saturated rings. The zero-order valence-corrected chi connectivity index (χ0v) is 16.4. The van der Waals surface area contributed by atoms with Crippen molar-refractivity contribution in [1.29, 1.82) is 0 Å². The molecule has 0 aliphatic carbocycles. The third kappa shape index (κ3) is 6.18. The number of carbonyl (C=O) groups excluding carboxylic acids is 1. The third-order valence-electron chi connectivity index (χ3n) is 3.64. The molecule has 0 bridgehead atoms. The van der Waals surface area contributed by atoms with Gasteiger partial charge in [-0.25, -0.2) is 5.43 Å². The monoisotopic (exact) mass is 390 g/mol. The Morgan fingerprint density at radius 2 is 1.93 bits per heavy atom. The van der Waals surface area contributed by atoms with Gasteiger partial charge in [-0.05, 0) is 48.7 Å². The average molecular weight is 391 g/mol. The van der Waals surface area contributed by atoms with Gasteiger partial charge in [0.1, 0.15) is 5.75 Å². The van der Waals surface area contributed by atoms with E-state index in [-0.39, 0.29) is 12.5 Å². The summed E-state index contributed by atoms with van der Waals surface area (Å²) in [6.45, 7) is 4.28. The molecule has 144 valence electrons. The van der Waals surface area contributed by atoms with E-state index in [1.54, 1.807) is 12.1 Å². The van der Waals surface area contributed by atoms with Gasteiger partial charge >= 0.3 is 0 Å². The summed E-state index contributed by atoms with van der Waals surface area (Å²) >= 11 is 6.20. The molecular weight excluding hydrogens is 368 g/mol. The van der Waals surface area contributed by atoms with E-state index in [4.69, 9.17) is 25.8 Å². The second-order valence-corrected chi connectivity index (χ2v) is 5.95. The Balaban J connectivity index is 1.90. The van der Waals surface area contributed by atoms with Crippen molar-refractivity contribution in [2.45, 2.75) is 20.3 Å². The van der Waals surface area contributed by atoms with Gasteiger partial charge in [-0.1, -0.05) is 30.7 Å². The van der Waals surface area contributed by atoms with E-state index < -0.39 is 0 Å². The van der Waals surface area contributed by atoms with Crippen LogP contribution in [0.5, 0.6) is 17.2 Å². The Bertz CT molecular complexity index is 791. The number of benzene rings is 2. The number of hydrogen-bond acceptors (Lipinski definition) is 5. The Kier molecular flexibility index (Phi) is 7.95. The van der Waals surface area contributed by atoms with Crippen LogP contribution in [-0.2, 0) is 11.2 Å².